The van der Waals surface area contributed by atoms with E-state index in [2.05, 4.69) is 16.0 Å². The van der Waals surface area contributed by atoms with Gasteiger partial charge in [0.15, 0.2) is 6.61 Å². The normalized spacial score (nSPS) is 15.5. The molecule has 5 rings (SSSR count). The Morgan fingerprint density at radius 1 is 0.941 bits per heavy atom. The highest BCUT2D eigenvalue weighted by molar-refractivity contribution is 6.24. The largest absolute Gasteiger partial charge is 0.483 e. The molecule has 7 amide bonds. The maximum atomic E-state index is 13.2. The second kappa shape index (κ2) is 15.1. The number of primary amides is 1. The number of anilines is 1. The molecule has 7 N–H and O–H groups in total. The third-order valence-electron chi connectivity index (χ3n) is 8.57. The van der Waals surface area contributed by atoms with E-state index in [1.165, 1.54) is 34.9 Å². The Bertz CT molecular complexity index is 2100. The molecule has 18 heteroatoms. The summed E-state index contributed by atoms with van der Waals surface area (Å²) in [4.78, 5) is 114. The predicted octanol–water partition coefficient (Wildman–Crippen LogP) is -1.25. The number of nitrogen functional groups attached to an aromatic ring is 1. The average molecular weight is 705 g/mol. The number of ether oxygens (including phenoxy) is 1. The maximum absolute atomic E-state index is 13.2. The summed E-state index contributed by atoms with van der Waals surface area (Å²) in [6, 6.07) is 5.76. The van der Waals surface area contributed by atoms with Crippen molar-refractivity contribution in [2.24, 2.45) is 5.73 Å². The lowest BCUT2D eigenvalue weighted by Crippen LogP contribution is -2.54. The van der Waals surface area contributed by atoms with Crippen LogP contribution >= 0.6 is 0 Å². The predicted molar refractivity (Wildman–Crippen MR) is 180 cm³/mol. The van der Waals surface area contributed by atoms with E-state index in [-0.39, 0.29) is 71.5 Å². The molecule has 1 aromatic heterocycles. The van der Waals surface area contributed by atoms with E-state index < -0.39 is 71.8 Å². The fraction of sp³-hybridized carbons (Fsp3) is 0.364. The van der Waals surface area contributed by atoms with Gasteiger partial charge in [0.25, 0.3) is 29.2 Å². The molecule has 2 aliphatic rings. The number of carbonyl (C=O) groups excluding carboxylic acids is 7. The van der Waals surface area contributed by atoms with Crippen molar-refractivity contribution in [3.05, 3.63) is 67.9 Å². The highest BCUT2D eigenvalue weighted by atomic mass is 16.5. The first-order valence-corrected chi connectivity index (χ1v) is 16.2. The smallest absolute Gasteiger partial charge is 0.331 e. The van der Waals surface area contributed by atoms with Gasteiger partial charge in [0.2, 0.25) is 17.7 Å². The Balaban J connectivity index is 1.06. The van der Waals surface area contributed by atoms with Crippen LogP contribution in [0.15, 0.2) is 39.9 Å². The summed E-state index contributed by atoms with van der Waals surface area (Å²) >= 11 is 0. The van der Waals surface area contributed by atoms with Gasteiger partial charge in [0.1, 0.15) is 18.3 Å². The number of carbonyl (C=O) groups is 7. The second-order valence-corrected chi connectivity index (χ2v) is 11.9. The van der Waals surface area contributed by atoms with Crippen LogP contribution in [0.4, 0.5) is 5.69 Å². The number of benzene rings is 2. The summed E-state index contributed by atoms with van der Waals surface area (Å²) < 4.78 is 7.62. The van der Waals surface area contributed by atoms with Crippen LogP contribution in [-0.2, 0) is 32.3 Å². The molecule has 1 fully saturated rings. The number of hydrogen-bond donors (Lipinski definition) is 5. The van der Waals surface area contributed by atoms with Gasteiger partial charge in [-0.2, -0.15) is 0 Å². The third-order valence-corrected chi connectivity index (χ3v) is 8.57. The summed E-state index contributed by atoms with van der Waals surface area (Å²) in [5.41, 5.74) is 9.90. The number of nitrogens with zero attached hydrogens (tertiary/aromatic N) is 3. The minimum atomic E-state index is -1.13. The van der Waals surface area contributed by atoms with E-state index in [0.29, 0.717) is 19.3 Å². The van der Waals surface area contributed by atoms with Crippen molar-refractivity contribution < 1.29 is 38.3 Å². The molecule has 268 valence electrons. The van der Waals surface area contributed by atoms with Crippen LogP contribution in [0.25, 0.3) is 10.9 Å². The molecule has 0 aliphatic carbocycles. The molecule has 0 saturated carbocycles. The summed E-state index contributed by atoms with van der Waals surface area (Å²) in [5, 5.41) is 7.50. The molecule has 0 bridgehead atoms. The number of fused-ring (bicyclic) bond motifs is 2. The topological polar surface area (TPSA) is 264 Å². The lowest BCUT2D eigenvalue weighted by atomic mass is 10.0. The van der Waals surface area contributed by atoms with Crippen LogP contribution in [0.1, 0.15) is 70.1 Å². The van der Waals surface area contributed by atoms with Crippen molar-refractivity contribution in [1.82, 2.24) is 30.0 Å². The Morgan fingerprint density at radius 2 is 1.65 bits per heavy atom. The second-order valence-electron chi connectivity index (χ2n) is 11.9. The zero-order chi connectivity index (χ0) is 37.0. The summed E-state index contributed by atoms with van der Waals surface area (Å²) in [6.45, 7) is 1.39. The van der Waals surface area contributed by atoms with Crippen molar-refractivity contribution in [3.8, 4) is 5.75 Å². The van der Waals surface area contributed by atoms with Crippen molar-refractivity contribution in [1.29, 1.82) is 0 Å². The van der Waals surface area contributed by atoms with Crippen LogP contribution < -0.4 is 43.4 Å². The van der Waals surface area contributed by atoms with Gasteiger partial charge >= 0.3 is 5.69 Å². The maximum Gasteiger partial charge on any atom is 0.331 e. The Morgan fingerprint density at radius 3 is 2.31 bits per heavy atom. The number of aromatic nitrogens is 2. The lowest BCUT2D eigenvalue weighted by Gasteiger charge is -2.27. The highest BCUT2D eigenvalue weighted by Crippen LogP contribution is 2.33. The van der Waals surface area contributed by atoms with Crippen LogP contribution in [0.5, 0.6) is 5.75 Å². The average Bonchev–Trinajstić information content (AvgIpc) is 3.34. The summed E-state index contributed by atoms with van der Waals surface area (Å²) in [7, 11) is 0. The molecule has 18 nitrogen and oxygen atoms in total. The number of unbranched alkanes of at least 4 members (excludes halogenated alkanes) is 2. The molecule has 1 saturated heterocycles. The molecule has 3 aromatic rings. The standard InChI is InChI=1S/C33H36N8O10/c1-2-39-22-14-20(34)18(28(35)45)13-19(22)30(47)40(33(39)50)15-25(43)36-11-4-3-5-12-37-26(44)16-51-23-8-6-7-17-27(23)32(49)41(31(17)48)21-9-10-24(42)38-29(21)46/h6-8,13-14,21H,2-5,9-12,15-16,34H2,1H3,(H2,35,45)(H,36,43)(H,37,44)(H,38,42,46). The van der Waals surface area contributed by atoms with Gasteiger partial charge in [-0.1, -0.05) is 6.07 Å². The van der Waals surface area contributed by atoms with Gasteiger partial charge in [-0.05, 0) is 56.9 Å². The molecule has 2 aliphatic heterocycles. The van der Waals surface area contributed by atoms with Gasteiger partial charge in [-0.3, -0.25) is 57.7 Å². The number of hydrogen-bond acceptors (Lipinski definition) is 11. The minimum absolute atomic E-state index is 0.00575. The minimum Gasteiger partial charge on any atom is -0.483 e. The molecule has 1 atom stereocenters. The number of aryl methyl sites for hydroxylation is 1. The van der Waals surface area contributed by atoms with Gasteiger partial charge in [-0.25, -0.2) is 4.79 Å². The lowest BCUT2D eigenvalue weighted by molar-refractivity contribution is -0.136. The fourth-order valence-electron chi connectivity index (χ4n) is 6.02. The highest BCUT2D eigenvalue weighted by Gasteiger charge is 2.46. The SMILES string of the molecule is CCn1c(=O)n(CC(=O)NCCCCCNC(=O)COc2cccc3c2C(=O)N(C2CCC(=O)NC2=O)C3=O)c(=O)c2cc(C(N)=O)c(N)cc21. The Labute approximate surface area is 289 Å². The summed E-state index contributed by atoms with van der Waals surface area (Å²) in [6.07, 6.45) is 1.68. The van der Waals surface area contributed by atoms with Crippen molar-refractivity contribution in [2.45, 2.75) is 58.2 Å². The van der Waals surface area contributed by atoms with E-state index in [9.17, 15) is 43.2 Å². The van der Waals surface area contributed by atoms with Crippen molar-refractivity contribution in [2.75, 3.05) is 25.4 Å². The fourth-order valence-corrected chi connectivity index (χ4v) is 6.02. The van der Waals surface area contributed by atoms with E-state index in [1.54, 1.807) is 6.92 Å². The van der Waals surface area contributed by atoms with Gasteiger partial charge in [0, 0.05) is 31.7 Å². The van der Waals surface area contributed by atoms with Crippen LogP contribution in [0, 0.1) is 0 Å². The van der Waals surface area contributed by atoms with E-state index in [4.69, 9.17) is 16.2 Å². The summed E-state index contributed by atoms with van der Waals surface area (Å²) in [5.74, 6) is -4.55. The number of imide groups is 2. The van der Waals surface area contributed by atoms with E-state index >= 15 is 0 Å². The van der Waals surface area contributed by atoms with Crippen LogP contribution in [0.3, 0.4) is 0 Å². The number of rotatable bonds is 14. The van der Waals surface area contributed by atoms with E-state index in [1.807, 2.05) is 0 Å². The zero-order valence-corrected chi connectivity index (χ0v) is 27.6. The molecular weight excluding hydrogens is 668 g/mol. The molecule has 51 heavy (non-hydrogen) atoms. The molecule has 1 unspecified atom stereocenters. The van der Waals surface area contributed by atoms with Crippen molar-refractivity contribution >= 4 is 57.9 Å². The molecule has 2 aromatic carbocycles. The number of piperidine rings is 1. The Kier molecular flexibility index (Phi) is 10.6. The van der Waals surface area contributed by atoms with Crippen molar-refractivity contribution in [3.63, 3.8) is 0 Å². The first-order chi connectivity index (χ1) is 24.3. The third kappa shape index (κ3) is 7.34. The number of nitrogens with two attached hydrogens (primary N) is 2. The monoisotopic (exact) mass is 704 g/mol. The zero-order valence-electron chi connectivity index (χ0n) is 27.6. The molecule has 0 spiro atoms. The Hall–Kier alpha value is -6.33. The molecule has 3 heterocycles. The quantitative estimate of drug-likeness (QED) is 0.0752. The van der Waals surface area contributed by atoms with Crippen LogP contribution in [0.2, 0.25) is 0 Å². The van der Waals surface area contributed by atoms with Crippen LogP contribution in [-0.4, -0.2) is 81.1 Å². The van der Waals surface area contributed by atoms with Gasteiger partial charge in [0.05, 0.1) is 27.6 Å². The van der Waals surface area contributed by atoms with Gasteiger partial charge < -0.3 is 26.8 Å². The molecule has 0 radical (unpaired) electrons. The van der Waals surface area contributed by atoms with Gasteiger partial charge in [-0.15, -0.1) is 0 Å². The molecular formula is C33H36N8O10. The van der Waals surface area contributed by atoms with E-state index in [0.717, 1.165) is 9.47 Å². The number of nitrogens with one attached hydrogen (secondary N) is 3. The first kappa shape index (κ1) is 36.0. The first-order valence-electron chi connectivity index (χ1n) is 16.2. The number of amides is 7.